The zero-order valence-electron chi connectivity index (χ0n) is 27.9. The topological polar surface area (TPSA) is 112 Å². The van der Waals surface area contributed by atoms with Gasteiger partial charge in [0, 0.05) is 0 Å². The van der Waals surface area contributed by atoms with Crippen molar-refractivity contribution in [3.63, 3.8) is 0 Å². The summed E-state index contributed by atoms with van der Waals surface area (Å²) in [6.45, 7) is 8.43. The third-order valence-corrected chi connectivity index (χ3v) is 8.31. The van der Waals surface area contributed by atoms with Crippen LogP contribution in [0.5, 0.6) is 0 Å². The molecule has 0 amide bonds. The Bertz CT molecular complexity index is 1500. The van der Waals surface area contributed by atoms with Crippen molar-refractivity contribution in [2.24, 2.45) is 0 Å². The van der Waals surface area contributed by atoms with Gasteiger partial charge in [0.25, 0.3) is 0 Å². The number of carbonyl (C=O) groups is 6. The molecule has 9 nitrogen and oxygen atoms in total. The van der Waals surface area contributed by atoms with Gasteiger partial charge < -0.3 is 14.4 Å². The van der Waals surface area contributed by atoms with Gasteiger partial charge in [-0.3, -0.25) is 28.8 Å². The Labute approximate surface area is 282 Å². The lowest BCUT2D eigenvalue weighted by Gasteiger charge is -2.31. The van der Waals surface area contributed by atoms with Crippen molar-refractivity contribution < 1.29 is 28.8 Å². The zero-order valence-corrected chi connectivity index (χ0v) is 27.9. The number of carbonyl (C=O) groups excluding carboxylic acids is 6. The molecule has 6 aliphatic rings. The van der Waals surface area contributed by atoms with Crippen molar-refractivity contribution in [1.82, 2.24) is 14.4 Å². The Morgan fingerprint density at radius 2 is 0.479 bits per heavy atom. The second-order valence-corrected chi connectivity index (χ2v) is 11.7. The van der Waals surface area contributed by atoms with Crippen LogP contribution in [-0.4, -0.2) is 69.7 Å². The first kappa shape index (κ1) is 35.4. The van der Waals surface area contributed by atoms with Crippen LogP contribution in [0.3, 0.4) is 0 Å². The monoisotopic (exact) mass is 639 g/mol. The summed E-state index contributed by atoms with van der Waals surface area (Å²) in [5.74, 6) is 0.0100. The number of hydrogen-bond acceptors (Lipinski definition) is 9. The molecule has 0 unspecified atom stereocenters. The van der Waals surface area contributed by atoms with Gasteiger partial charge >= 0.3 is 20.5 Å². The zero-order chi connectivity index (χ0) is 35.1. The summed E-state index contributed by atoms with van der Waals surface area (Å²) >= 11 is 0. The maximum Gasteiger partial charge on any atom is 0.334 e. The number of nitrogens with zero attached hydrogens (tertiary/aromatic N) is 3. The summed E-state index contributed by atoms with van der Waals surface area (Å²) in [6.07, 6.45) is 32.8. The van der Waals surface area contributed by atoms with E-state index in [1.165, 1.54) is 41.5 Å². The Morgan fingerprint density at radius 3 is 0.604 bits per heavy atom. The molecule has 0 saturated heterocycles. The van der Waals surface area contributed by atoms with Crippen molar-refractivity contribution in [2.75, 3.05) is 0 Å². The number of hydrogen-bond donors (Lipinski definition) is 0. The van der Waals surface area contributed by atoms with E-state index in [0.717, 1.165) is 0 Å². The largest absolute Gasteiger partial charge is 0.389 e. The van der Waals surface area contributed by atoms with E-state index in [9.17, 15) is 28.8 Å². The number of fused-ring (bicyclic) bond motifs is 3. The Morgan fingerprint density at radius 1 is 0.333 bits per heavy atom. The molecule has 0 fully saturated rings. The lowest BCUT2D eigenvalue weighted by Crippen LogP contribution is -2.42. The molecule has 0 aliphatic carbocycles. The molecule has 0 N–H and O–H groups in total. The van der Waals surface area contributed by atoms with Crippen LogP contribution in [0.2, 0.25) is 0 Å². The fourth-order valence-corrected chi connectivity index (χ4v) is 6.01. The third kappa shape index (κ3) is 7.71. The molecular formula is C36H36B3N3O6. The highest BCUT2D eigenvalue weighted by molar-refractivity contribution is 6.82. The van der Waals surface area contributed by atoms with Crippen molar-refractivity contribution in [1.29, 1.82) is 0 Å². The minimum Gasteiger partial charge on any atom is -0.389 e. The van der Waals surface area contributed by atoms with Gasteiger partial charge in [0.05, 0.1) is 0 Å². The second-order valence-electron chi connectivity index (χ2n) is 11.7. The van der Waals surface area contributed by atoms with E-state index in [4.69, 9.17) is 0 Å². The van der Waals surface area contributed by atoms with Gasteiger partial charge in [0.1, 0.15) is 34.7 Å². The predicted octanol–water partition coefficient (Wildman–Crippen LogP) is 4.33. The Kier molecular flexibility index (Phi) is 11.3. The van der Waals surface area contributed by atoms with Gasteiger partial charge in [-0.2, -0.15) is 0 Å². The van der Waals surface area contributed by atoms with Crippen molar-refractivity contribution in [3.05, 3.63) is 143 Å². The van der Waals surface area contributed by atoms with Gasteiger partial charge in [-0.15, -0.1) is 0 Å². The fourth-order valence-electron chi connectivity index (χ4n) is 6.01. The molecule has 6 heterocycles. The molecule has 0 aromatic carbocycles. The predicted molar refractivity (Wildman–Crippen MR) is 190 cm³/mol. The van der Waals surface area contributed by atoms with Crippen LogP contribution in [0, 0.1) is 0 Å². The maximum absolute atomic E-state index is 11.5. The molecule has 0 bridgehead atoms. The van der Waals surface area contributed by atoms with Crippen LogP contribution in [0.1, 0.15) is 41.5 Å². The summed E-state index contributed by atoms with van der Waals surface area (Å²) in [4.78, 5) is 74.8. The number of ketones is 6. The highest BCUT2D eigenvalue weighted by Gasteiger charge is 2.38. The molecule has 0 atom stereocenters. The Balaban J connectivity index is 0.000000163. The molecule has 48 heavy (non-hydrogen) atoms. The summed E-state index contributed by atoms with van der Waals surface area (Å²) in [7, 11) is 0. The third-order valence-electron chi connectivity index (χ3n) is 8.31. The van der Waals surface area contributed by atoms with Crippen molar-refractivity contribution in [3.8, 4) is 0 Å². The summed E-state index contributed by atoms with van der Waals surface area (Å²) in [5.41, 5.74) is 3.96. The molecule has 0 saturated carbocycles. The van der Waals surface area contributed by atoms with E-state index in [-0.39, 0.29) is 55.2 Å². The van der Waals surface area contributed by atoms with E-state index >= 15 is 0 Å². The SMILES string of the molecule is CC(=O)C1=CC=CN2C=CC=C(C(C)=O)B12.CC(=O)C1=CC=CN2C=CC=C(C(C)=O)B12.CC(=O)C1=CC=CN2C=CC=C(C(C)=O)B12. The van der Waals surface area contributed by atoms with Crippen LogP contribution in [-0.2, 0) is 28.8 Å². The minimum atomic E-state index is -0.245. The molecule has 6 aliphatic heterocycles. The lowest BCUT2D eigenvalue weighted by atomic mass is 9.44. The molecule has 0 aromatic rings. The van der Waals surface area contributed by atoms with Crippen molar-refractivity contribution >= 4 is 55.2 Å². The van der Waals surface area contributed by atoms with Crippen LogP contribution in [0.15, 0.2) is 143 Å². The smallest absolute Gasteiger partial charge is 0.334 e. The van der Waals surface area contributed by atoms with E-state index in [1.807, 2.05) is 88.1 Å². The normalized spacial score (nSPS) is 17.9. The number of rotatable bonds is 6. The number of allylic oxidation sites excluding steroid dienone is 18. The van der Waals surface area contributed by atoms with Gasteiger partial charge in [-0.05, 0) is 148 Å². The fraction of sp³-hybridized carbons (Fsp3) is 0.167. The maximum atomic E-state index is 11.5. The highest BCUT2D eigenvalue weighted by Crippen LogP contribution is 2.26. The van der Waals surface area contributed by atoms with Gasteiger partial charge in [-0.25, -0.2) is 0 Å². The van der Waals surface area contributed by atoms with Gasteiger partial charge in [-0.1, -0.05) is 36.5 Å². The van der Waals surface area contributed by atoms with E-state index in [0.29, 0.717) is 32.8 Å². The quantitative estimate of drug-likeness (QED) is 0.393. The molecule has 0 radical (unpaired) electrons. The first-order valence-corrected chi connectivity index (χ1v) is 15.5. The van der Waals surface area contributed by atoms with E-state index in [1.54, 1.807) is 36.5 Å². The molecule has 0 aromatic heterocycles. The van der Waals surface area contributed by atoms with E-state index in [2.05, 4.69) is 0 Å². The summed E-state index contributed by atoms with van der Waals surface area (Å²) < 4.78 is 0. The molecule has 240 valence electrons. The standard InChI is InChI=1S/3C12H12BNO2/c3*1-9(15)11-5-3-7-14-8-4-6-12(10(2)16)13(11)14/h3*3-8H,1-2H3. The second kappa shape index (κ2) is 15.4. The number of Topliss-reactive ketones (excluding diaryl/α,β-unsaturated/α-hetero) is 6. The highest BCUT2D eigenvalue weighted by atomic mass is 16.1. The van der Waals surface area contributed by atoms with Crippen LogP contribution >= 0.6 is 0 Å². The average Bonchev–Trinajstić information content (AvgIpc) is 3.06. The first-order valence-electron chi connectivity index (χ1n) is 15.5. The molecule has 0 spiro atoms. The van der Waals surface area contributed by atoms with Crippen LogP contribution in [0.4, 0.5) is 0 Å². The van der Waals surface area contributed by atoms with Gasteiger partial charge in [0.2, 0.25) is 0 Å². The Hall–Kier alpha value is -5.51. The lowest BCUT2D eigenvalue weighted by molar-refractivity contribution is -0.114. The summed E-state index contributed by atoms with van der Waals surface area (Å²) in [5, 5.41) is 0. The molecule has 6 rings (SSSR count). The average molecular weight is 639 g/mol. The minimum absolute atomic E-state index is 0.00167. The molecule has 12 heteroatoms. The van der Waals surface area contributed by atoms with Crippen LogP contribution in [0.25, 0.3) is 0 Å². The van der Waals surface area contributed by atoms with Crippen molar-refractivity contribution in [2.45, 2.75) is 41.5 Å². The van der Waals surface area contributed by atoms with Gasteiger partial charge in [0.15, 0.2) is 0 Å². The molecular weight excluding hydrogens is 603 g/mol. The first-order chi connectivity index (χ1) is 22.8. The summed E-state index contributed by atoms with van der Waals surface area (Å²) in [6, 6.07) is 0. The van der Waals surface area contributed by atoms with Crippen LogP contribution < -0.4 is 0 Å². The van der Waals surface area contributed by atoms with E-state index < -0.39 is 0 Å².